The zero-order valence-electron chi connectivity index (χ0n) is 19.0. The maximum Gasteiger partial charge on any atom is 0.289 e. The molecule has 1 atom stereocenters. The third-order valence-corrected chi connectivity index (χ3v) is 5.95. The molecule has 0 spiro atoms. The molecule has 1 aliphatic rings. The summed E-state index contributed by atoms with van der Waals surface area (Å²) in [6, 6.07) is 16.0. The molecule has 1 aliphatic heterocycles. The van der Waals surface area contributed by atoms with Crippen LogP contribution < -0.4 is 4.90 Å². The highest BCUT2D eigenvalue weighted by molar-refractivity contribution is 5.91. The SMILES string of the molecule is Cc1cccc(-c2cc(C#N)c(N3CCN(C(=O)c4ccco4)[C@H](C)C3)nc2C(C)C)c1. The van der Waals surface area contributed by atoms with Crippen molar-refractivity contribution in [2.24, 2.45) is 0 Å². The van der Waals surface area contributed by atoms with Gasteiger partial charge in [-0.2, -0.15) is 5.26 Å². The molecule has 1 aromatic carbocycles. The summed E-state index contributed by atoms with van der Waals surface area (Å²) in [7, 11) is 0. The molecule has 32 heavy (non-hydrogen) atoms. The lowest BCUT2D eigenvalue weighted by atomic mass is 9.95. The summed E-state index contributed by atoms with van der Waals surface area (Å²) < 4.78 is 5.29. The molecule has 0 bridgehead atoms. The Morgan fingerprint density at radius 2 is 2.03 bits per heavy atom. The number of piperazine rings is 1. The highest BCUT2D eigenvalue weighted by Crippen LogP contribution is 2.33. The largest absolute Gasteiger partial charge is 0.459 e. The van der Waals surface area contributed by atoms with Gasteiger partial charge < -0.3 is 14.2 Å². The van der Waals surface area contributed by atoms with Gasteiger partial charge in [-0.3, -0.25) is 4.79 Å². The van der Waals surface area contributed by atoms with Gasteiger partial charge in [0, 0.05) is 31.2 Å². The maximum absolute atomic E-state index is 12.8. The minimum Gasteiger partial charge on any atom is -0.459 e. The van der Waals surface area contributed by atoms with Gasteiger partial charge in [-0.25, -0.2) is 4.98 Å². The van der Waals surface area contributed by atoms with E-state index in [1.54, 1.807) is 12.1 Å². The lowest BCUT2D eigenvalue weighted by molar-refractivity contribution is 0.0641. The summed E-state index contributed by atoms with van der Waals surface area (Å²) in [5.41, 5.74) is 4.79. The van der Waals surface area contributed by atoms with Crippen molar-refractivity contribution >= 4 is 11.7 Å². The number of anilines is 1. The highest BCUT2D eigenvalue weighted by atomic mass is 16.3. The van der Waals surface area contributed by atoms with E-state index in [2.05, 4.69) is 49.9 Å². The molecule has 6 nitrogen and oxygen atoms in total. The average molecular weight is 429 g/mol. The standard InChI is InChI=1S/C26H28N4O2/c1-17(2)24-22(20-8-5-7-18(3)13-20)14-21(15-27)25(28-24)29-10-11-30(19(4)16-29)26(31)23-9-6-12-32-23/h5-9,12-14,17,19H,10-11,16H2,1-4H3/t19-/m1/s1. The van der Waals surface area contributed by atoms with E-state index in [0.29, 0.717) is 36.8 Å². The first-order chi connectivity index (χ1) is 15.4. The molecule has 3 aromatic rings. The fourth-order valence-corrected chi connectivity index (χ4v) is 4.32. The summed E-state index contributed by atoms with van der Waals surface area (Å²) in [6.45, 7) is 10.1. The van der Waals surface area contributed by atoms with Gasteiger partial charge in [-0.1, -0.05) is 43.7 Å². The normalized spacial score (nSPS) is 16.3. The van der Waals surface area contributed by atoms with E-state index in [4.69, 9.17) is 9.40 Å². The van der Waals surface area contributed by atoms with Crippen LogP contribution in [0.1, 0.15) is 54.1 Å². The number of carbonyl (C=O) groups excluding carboxylic acids is 1. The number of aryl methyl sites for hydroxylation is 1. The molecule has 1 fully saturated rings. The number of pyridine rings is 1. The van der Waals surface area contributed by atoms with E-state index >= 15 is 0 Å². The Hall–Kier alpha value is -3.59. The molecule has 164 valence electrons. The minimum absolute atomic E-state index is 0.0337. The number of nitrogens with zero attached hydrogens (tertiary/aromatic N) is 4. The van der Waals surface area contributed by atoms with Crippen molar-refractivity contribution in [2.45, 2.75) is 39.7 Å². The predicted molar refractivity (Wildman–Crippen MR) is 125 cm³/mol. The molecule has 3 heterocycles. The van der Waals surface area contributed by atoms with Gasteiger partial charge in [-0.15, -0.1) is 0 Å². The van der Waals surface area contributed by atoms with Crippen molar-refractivity contribution in [2.75, 3.05) is 24.5 Å². The summed E-state index contributed by atoms with van der Waals surface area (Å²) in [6.07, 6.45) is 1.51. The number of benzene rings is 1. The van der Waals surface area contributed by atoms with Gasteiger partial charge in [0.25, 0.3) is 5.91 Å². The van der Waals surface area contributed by atoms with Crippen molar-refractivity contribution in [3.8, 4) is 17.2 Å². The molecule has 1 amide bonds. The summed E-state index contributed by atoms with van der Waals surface area (Å²) in [5.74, 6) is 1.15. The Balaban J connectivity index is 1.66. The Kier molecular flexibility index (Phi) is 6.00. The molecule has 4 rings (SSSR count). The first kappa shape index (κ1) is 21.6. The van der Waals surface area contributed by atoms with Gasteiger partial charge in [0.1, 0.15) is 11.9 Å². The van der Waals surface area contributed by atoms with Crippen molar-refractivity contribution in [1.29, 1.82) is 5.26 Å². The number of hydrogen-bond acceptors (Lipinski definition) is 5. The smallest absolute Gasteiger partial charge is 0.289 e. The lowest BCUT2D eigenvalue weighted by Crippen LogP contribution is -2.54. The lowest BCUT2D eigenvalue weighted by Gasteiger charge is -2.40. The zero-order valence-corrected chi connectivity index (χ0v) is 19.0. The van der Waals surface area contributed by atoms with Crippen molar-refractivity contribution in [3.63, 3.8) is 0 Å². The van der Waals surface area contributed by atoms with Crippen molar-refractivity contribution in [3.05, 3.63) is 71.3 Å². The minimum atomic E-state index is -0.103. The summed E-state index contributed by atoms with van der Waals surface area (Å²) in [5, 5.41) is 9.94. The van der Waals surface area contributed by atoms with E-state index in [1.165, 1.54) is 11.8 Å². The molecule has 0 saturated carbocycles. The number of hydrogen-bond donors (Lipinski definition) is 0. The summed E-state index contributed by atoms with van der Waals surface area (Å²) >= 11 is 0. The fourth-order valence-electron chi connectivity index (χ4n) is 4.32. The number of furan rings is 1. The second-order valence-corrected chi connectivity index (χ2v) is 8.70. The quantitative estimate of drug-likeness (QED) is 0.585. The van der Waals surface area contributed by atoms with Crippen LogP contribution in [-0.4, -0.2) is 41.5 Å². The van der Waals surface area contributed by atoms with Crippen LogP contribution >= 0.6 is 0 Å². The number of nitriles is 1. The van der Waals surface area contributed by atoms with Crippen LogP contribution in [0, 0.1) is 18.3 Å². The third-order valence-electron chi connectivity index (χ3n) is 5.95. The third kappa shape index (κ3) is 4.11. The molecule has 6 heteroatoms. The number of carbonyl (C=O) groups is 1. The zero-order chi connectivity index (χ0) is 22.8. The molecule has 0 radical (unpaired) electrons. The van der Waals surface area contributed by atoms with Crippen LogP contribution in [0.3, 0.4) is 0 Å². The van der Waals surface area contributed by atoms with Crippen molar-refractivity contribution in [1.82, 2.24) is 9.88 Å². The topological polar surface area (TPSA) is 73.4 Å². The van der Waals surface area contributed by atoms with E-state index < -0.39 is 0 Å². The first-order valence-corrected chi connectivity index (χ1v) is 11.0. The van der Waals surface area contributed by atoms with Gasteiger partial charge in [-0.05, 0) is 43.5 Å². The van der Waals surface area contributed by atoms with Crippen molar-refractivity contribution < 1.29 is 9.21 Å². The fraction of sp³-hybridized carbons (Fsp3) is 0.346. The van der Waals surface area contributed by atoms with E-state index in [-0.39, 0.29) is 17.9 Å². The number of rotatable bonds is 4. The van der Waals surface area contributed by atoms with Gasteiger partial charge in [0.15, 0.2) is 5.76 Å². The Bertz CT molecular complexity index is 1160. The Morgan fingerprint density at radius 1 is 1.22 bits per heavy atom. The van der Waals surface area contributed by atoms with E-state index in [0.717, 1.165) is 16.8 Å². The van der Waals surface area contributed by atoms with E-state index in [1.807, 2.05) is 24.0 Å². The molecular weight excluding hydrogens is 400 g/mol. The van der Waals surface area contributed by atoms with Crippen LogP contribution in [0.4, 0.5) is 5.82 Å². The van der Waals surface area contributed by atoms with Crippen LogP contribution in [0.5, 0.6) is 0 Å². The van der Waals surface area contributed by atoms with Gasteiger partial charge >= 0.3 is 0 Å². The molecule has 2 aromatic heterocycles. The van der Waals surface area contributed by atoms with Crippen LogP contribution in [-0.2, 0) is 0 Å². The molecular formula is C26H28N4O2. The molecule has 0 aliphatic carbocycles. The Labute approximate surface area is 189 Å². The monoisotopic (exact) mass is 428 g/mol. The first-order valence-electron chi connectivity index (χ1n) is 11.0. The van der Waals surface area contributed by atoms with Gasteiger partial charge in [0.2, 0.25) is 0 Å². The van der Waals surface area contributed by atoms with Crippen LogP contribution in [0.2, 0.25) is 0 Å². The number of aromatic nitrogens is 1. The Morgan fingerprint density at radius 3 is 2.66 bits per heavy atom. The predicted octanol–water partition coefficient (Wildman–Crippen LogP) is 5.00. The van der Waals surface area contributed by atoms with E-state index in [9.17, 15) is 10.1 Å². The number of amides is 1. The summed E-state index contributed by atoms with van der Waals surface area (Å²) in [4.78, 5) is 21.7. The van der Waals surface area contributed by atoms with Gasteiger partial charge in [0.05, 0.1) is 17.5 Å². The molecule has 1 saturated heterocycles. The second kappa shape index (κ2) is 8.88. The second-order valence-electron chi connectivity index (χ2n) is 8.70. The highest BCUT2D eigenvalue weighted by Gasteiger charge is 2.31. The maximum atomic E-state index is 12.8. The molecule has 0 unspecified atom stereocenters. The van der Waals surface area contributed by atoms with Crippen LogP contribution in [0.25, 0.3) is 11.1 Å². The van der Waals surface area contributed by atoms with Crippen LogP contribution in [0.15, 0.2) is 53.1 Å². The molecule has 0 N–H and O–H groups in total. The average Bonchev–Trinajstić information content (AvgIpc) is 3.32.